The van der Waals surface area contributed by atoms with Gasteiger partial charge in [-0.05, 0) is 62.7 Å². The average molecular weight is 316 g/mol. The minimum absolute atomic E-state index is 0.0124. The molecule has 1 amide bonds. The van der Waals surface area contributed by atoms with E-state index in [1.54, 1.807) is 6.20 Å². The van der Waals surface area contributed by atoms with Crippen molar-refractivity contribution in [3.05, 3.63) is 23.9 Å². The van der Waals surface area contributed by atoms with E-state index in [1.165, 1.54) is 19.3 Å². The zero-order chi connectivity index (χ0) is 16.1. The third kappa shape index (κ3) is 4.02. The van der Waals surface area contributed by atoms with Crippen LogP contribution in [-0.4, -0.2) is 43.6 Å². The summed E-state index contributed by atoms with van der Waals surface area (Å²) >= 11 is 0. The summed E-state index contributed by atoms with van der Waals surface area (Å²) in [5.41, 5.74) is 0.918. The van der Waals surface area contributed by atoms with Gasteiger partial charge in [0.2, 0.25) is 0 Å². The van der Waals surface area contributed by atoms with Gasteiger partial charge in [-0.3, -0.25) is 4.79 Å². The van der Waals surface area contributed by atoms with Crippen LogP contribution < -0.4 is 15.5 Å². The van der Waals surface area contributed by atoms with Gasteiger partial charge in [-0.15, -0.1) is 0 Å². The van der Waals surface area contributed by atoms with Gasteiger partial charge in [-0.25, -0.2) is 4.98 Å². The smallest absolute Gasteiger partial charge is 0.255 e. The van der Waals surface area contributed by atoms with Crippen molar-refractivity contribution in [1.82, 2.24) is 15.6 Å². The average Bonchev–Trinajstić information content (AvgIpc) is 2.61. The summed E-state index contributed by atoms with van der Waals surface area (Å²) in [7, 11) is 0. The Morgan fingerprint density at radius 2 is 2.04 bits per heavy atom. The minimum atomic E-state index is 0.0124. The highest BCUT2D eigenvalue weighted by atomic mass is 16.1. The van der Waals surface area contributed by atoms with Gasteiger partial charge in [0, 0.05) is 25.8 Å². The zero-order valence-corrected chi connectivity index (χ0v) is 14.1. The van der Waals surface area contributed by atoms with Crippen molar-refractivity contribution in [1.29, 1.82) is 0 Å². The molecular weight excluding hydrogens is 288 g/mol. The second kappa shape index (κ2) is 7.30. The summed E-state index contributed by atoms with van der Waals surface area (Å²) < 4.78 is 0. The third-order valence-electron chi connectivity index (χ3n) is 5.17. The molecule has 5 nitrogen and oxygen atoms in total. The van der Waals surface area contributed by atoms with Gasteiger partial charge in [0.1, 0.15) is 5.82 Å². The van der Waals surface area contributed by atoms with Crippen molar-refractivity contribution >= 4 is 11.7 Å². The molecule has 0 saturated carbocycles. The third-order valence-corrected chi connectivity index (χ3v) is 5.17. The summed E-state index contributed by atoms with van der Waals surface area (Å²) in [6.07, 6.45) is 7.65. The molecule has 2 fully saturated rings. The number of hydrogen-bond acceptors (Lipinski definition) is 4. The first-order valence-electron chi connectivity index (χ1n) is 8.87. The number of nitrogens with zero attached hydrogens (tertiary/aromatic N) is 2. The Morgan fingerprint density at radius 1 is 1.30 bits per heavy atom. The van der Waals surface area contributed by atoms with Gasteiger partial charge in [0.15, 0.2) is 0 Å². The van der Waals surface area contributed by atoms with Gasteiger partial charge in [-0.2, -0.15) is 0 Å². The first-order valence-corrected chi connectivity index (χ1v) is 8.87. The Hall–Kier alpha value is -1.62. The zero-order valence-electron chi connectivity index (χ0n) is 14.1. The molecule has 0 aliphatic carbocycles. The van der Waals surface area contributed by atoms with Gasteiger partial charge in [-0.1, -0.05) is 6.92 Å². The number of amides is 1. The highest BCUT2D eigenvalue weighted by Gasteiger charge is 2.28. The molecule has 0 radical (unpaired) electrons. The predicted octanol–water partition coefficient (Wildman–Crippen LogP) is 2.19. The number of rotatable bonds is 4. The van der Waals surface area contributed by atoms with E-state index >= 15 is 0 Å². The normalized spacial score (nSPS) is 21.0. The van der Waals surface area contributed by atoms with Gasteiger partial charge in [0.25, 0.3) is 5.91 Å². The molecule has 1 aromatic rings. The van der Waals surface area contributed by atoms with Gasteiger partial charge < -0.3 is 15.5 Å². The fourth-order valence-electron chi connectivity index (χ4n) is 3.53. The number of carbonyl (C=O) groups is 1. The molecule has 5 heteroatoms. The van der Waals surface area contributed by atoms with Crippen molar-refractivity contribution in [2.75, 3.05) is 37.6 Å². The lowest BCUT2D eigenvalue weighted by molar-refractivity contribution is 0.0922. The quantitative estimate of drug-likeness (QED) is 0.894. The van der Waals surface area contributed by atoms with E-state index in [1.807, 2.05) is 12.1 Å². The molecule has 0 aromatic carbocycles. The molecule has 0 spiro atoms. The largest absolute Gasteiger partial charge is 0.356 e. The molecule has 1 aromatic heterocycles. The Balaban J connectivity index is 1.67. The monoisotopic (exact) mass is 316 g/mol. The Morgan fingerprint density at radius 3 is 2.78 bits per heavy atom. The summed E-state index contributed by atoms with van der Waals surface area (Å²) in [5.74, 6) is 0.860. The first kappa shape index (κ1) is 16.2. The first-order chi connectivity index (χ1) is 11.2. The molecule has 23 heavy (non-hydrogen) atoms. The fraction of sp³-hybridized carbons (Fsp3) is 0.667. The van der Waals surface area contributed by atoms with E-state index in [2.05, 4.69) is 27.4 Å². The molecule has 0 bridgehead atoms. The summed E-state index contributed by atoms with van der Waals surface area (Å²) in [6.45, 7) is 7.09. The maximum absolute atomic E-state index is 12.7. The highest BCUT2D eigenvalue weighted by Crippen LogP contribution is 2.27. The fourth-order valence-corrected chi connectivity index (χ4v) is 3.53. The Bertz CT molecular complexity index is 534. The molecule has 0 atom stereocenters. The number of nitrogens with one attached hydrogen (secondary N) is 2. The van der Waals surface area contributed by atoms with Crippen molar-refractivity contribution in [3.63, 3.8) is 0 Å². The second-order valence-corrected chi connectivity index (χ2v) is 7.17. The Labute approximate surface area is 138 Å². The summed E-state index contributed by atoms with van der Waals surface area (Å²) in [5, 5.41) is 6.54. The number of hydrogen-bond donors (Lipinski definition) is 2. The van der Waals surface area contributed by atoms with E-state index in [0.717, 1.165) is 51.4 Å². The molecule has 3 rings (SSSR count). The van der Waals surface area contributed by atoms with Crippen molar-refractivity contribution in [3.8, 4) is 0 Å². The van der Waals surface area contributed by atoms with E-state index in [0.29, 0.717) is 5.56 Å². The molecular formula is C18H28N4O. The van der Waals surface area contributed by atoms with Crippen LogP contribution >= 0.6 is 0 Å². The molecule has 3 heterocycles. The topological polar surface area (TPSA) is 57.3 Å². The van der Waals surface area contributed by atoms with Crippen molar-refractivity contribution in [2.24, 2.45) is 5.41 Å². The van der Waals surface area contributed by atoms with E-state index in [9.17, 15) is 4.79 Å². The maximum atomic E-state index is 12.7. The predicted molar refractivity (Wildman–Crippen MR) is 92.8 cm³/mol. The molecule has 2 saturated heterocycles. The number of carbonyl (C=O) groups excluding carboxylic acids is 1. The molecule has 126 valence electrons. The maximum Gasteiger partial charge on any atom is 0.255 e. The van der Waals surface area contributed by atoms with E-state index in [-0.39, 0.29) is 11.3 Å². The minimum Gasteiger partial charge on any atom is -0.356 e. The second-order valence-electron chi connectivity index (χ2n) is 7.17. The van der Waals surface area contributed by atoms with Crippen LogP contribution in [0.2, 0.25) is 0 Å². The van der Waals surface area contributed by atoms with Crippen molar-refractivity contribution < 1.29 is 4.79 Å². The van der Waals surface area contributed by atoms with Crippen LogP contribution in [0.1, 0.15) is 49.4 Å². The summed E-state index contributed by atoms with van der Waals surface area (Å²) in [4.78, 5) is 19.4. The SMILES string of the molecule is CC1(CNC(=O)c2cccnc2N2CCCCC2)CCNCC1. The highest BCUT2D eigenvalue weighted by molar-refractivity contribution is 5.98. The van der Waals surface area contributed by atoms with Crippen molar-refractivity contribution in [2.45, 2.75) is 39.0 Å². The summed E-state index contributed by atoms with van der Waals surface area (Å²) in [6, 6.07) is 3.76. The number of aromatic nitrogens is 1. The van der Waals surface area contributed by atoms with Gasteiger partial charge >= 0.3 is 0 Å². The lowest BCUT2D eigenvalue weighted by Gasteiger charge is -2.34. The van der Waals surface area contributed by atoms with Crippen LogP contribution in [0.4, 0.5) is 5.82 Å². The molecule has 2 aliphatic rings. The number of pyridine rings is 1. The van der Waals surface area contributed by atoms with Crippen LogP contribution in [0.25, 0.3) is 0 Å². The molecule has 2 N–H and O–H groups in total. The molecule has 0 unspecified atom stereocenters. The van der Waals surface area contributed by atoms with Gasteiger partial charge in [0.05, 0.1) is 5.56 Å². The number of piperidine rings is 2. The number of anilines is 1. The van der Waals surface area contributed by atoms with Crippen LogP contribution in [0, 0.1) is 5.41 Å². The van der Waals surface area contributed by atoms with Crippen LogP contribution in [0.15, 0.2) is 18.3 Å². The van der Waals surface area contributed by atoms with E-state index in [4.69, 9.17) is 0 Å². The van der Waals surface area contributed by atoms with Crippen LogP contribution in [0.5, 0.6) is 0 Å². The molecule has 2 aliphatic heterocycles. The lowest BCUT2D eigenvalue weighted by atomic mass is 9.81. The lowest BCUT2D eigenvalue weighted by Crippen LogP contribution is -2.43. The van der Waals surface area contributed by atoms with E-state index < -0.39 is 0 Å². The van der Waals surface area contributed by atoms with Crippen LogP contribution in [0.3, 0.4) is 0 Å². The standard InChI is InChI=1S/C18H28N4O/c1-18(7-10-19-11-8-18)14-21-17(23)15-6-5-9-20-16(15)22-12-3-2-4-13-22/h5-6,9,19H,2-4,7-8,10-14H2,1H3,(H,21,23). The Kier molecular flexibility index (Phi) is 5.16. The van der Waals surface area contributed by atoms with Crippen LogP contribution in [-0.2, 0) is 0 Å².